The number of rotatable bonds is 7. The molecule has 0 fully saturated rings. The topological polar surface area (TPSA) is 58.9 Å². The highest BCUT2D eigenvalue weighted by Crippen LogP contribution is 2.27. The van der Waals surface area contributed by atoms with Crippen LogP contribution in [-0.2, 0) is 0 Å². The predicted octanol–water partition coefficient (Wildman–Crippen LogP) is 3.75. The summed E-state index contributed by atoms with van der Waals surface area (Å²) in [6.45, 7) is 5.56. The first-order valence-corrected chi connectivity index (χ1v) is 9.27. The number of benzene rings is 1. The van der Waals surface area contributed by atoms with E-state index in [9.17, 15) is 4.79 Å². The van der Waals surface area contributed by atoms with E-state index in [-0.39, 0.29) is 24.4 Å². The van der Waals surface area contributed by atoms with E-state index >= 15 is 0 Å². The molecule has 7 heteroatoms. The van der Waals surface area contributed by atoms with Crippen LogP contribution in [-0.4, -0.2) is 34.8 Å². The Kier molecular flexibility index (Phi) is 7.38. The normalized spacial score (nSPS) is 11.6. The maximum absolute atomic E-state index is 12.7. The fourth-order valence-electron chi connectivity index (χ4n) is 2.61. The van der Waals surface area contributed by atoms with Gasteiger partial charge in [0.05, 0.1) is 16.1 Å². The third-order valence-corrected chi connectivity index (χ3v) is 4.73. The van der Waals surface area contributed by atoms with Crippen LogP contribution in [0.15, 0.2) is 54.0 Å². The molecular weight excluding hydrogens is 368 g/mol. The van der Waals surface area contributed by atoms with Gasteiger partial charge in [0.15, 0.2) is 0 Å². The number of para-hydroxylation sites is 1. The molecule has 5 nitrogen and oxygen atoms in total. The summed E-state index contributed by atoms with van der Waals surface area (Å²) >= 11 is 1.58. The van der Waals surface area contributed by atoms with Crippen LogP contribution < -0.4 is 10.6 Å². The Morgan fingerprint density at radius 3 is 2.65 bits per heavy atom. The Morgan fingerprint density at radius 1 is 1.23 bits per heavy atom. The lowest BCUT2D eigenvalue weighted by molar-refractivity contribution is 0.0951. The molecule has 0 radical (unpaired) electrons. The van der Waals surface area contributed by atoms with Crippen molar-refractivity contribution >= 4 is 29.7 Å². The lowest BCUT2D eigenvalue weighted by atomic mass is 10.2. The maximum atomic E-state index is 12.7. The zero-order valence-electron chi connectivity index (χ0n) is 14.8. The Hall–Kier alpha value is -2.15. The molecule has 0 bridgehead atoms. The second-order valence-electron chi connectivity index (χ2n) is 5.82. The molecule has 2 N–H and O–H groups in total. The van der Waals surface area contributed by atoms with Gasteiger partial charge in [-0.25, -0.2) is 4.68 Å². The maximum Gasteiger partial charge on any atom is 0.255 e. The third kappa shape index (κ3) is 4.72. The Morgan fingerprint density at radius 2 is 2.00 bits per heavy atom. The van der Waals surface area contributed by atoms with Gasteiger partial charge in [0.1, 0.15) is 5.69 Å². The van der Waals surface area contributed by atoms with Gasteiger partial charge in [0.25, 0.3) is 5.91 Å². The van der Waals surface area contributed by atoms with Gasteiger partial charge in [-0.05, 0) is 37.0 Å². The average molecular weight is 391 g/mol. The van der Waals surface area contributed by atoms with E-state index in [1.54, 1.807) is 22.2 Å². The van der Waals surface area contributed by atoms with E-state index in [1.807, 2.05) is 47.8 Å². The molecular formula is C19H23ClN4OS. The molecule has 138 valence electrons. The van der Waals surface area contributed by atoms with Crippen LogP contribution in [0.25, 0.3) is 16.3 Å². The van der Waals surface area contributed by atoms with E-state index in [4.69, 9.17) is 0 Å². The van der Waals surface area contributed by atoms with Gasteiger partial charge < -0.3 is 10.6 Å². The number of carbonyl (C=O) groups is 1. The summed E-state index contributed by atoms with van der Waals surface area (Å²) in [5.41, 5.74) is 2.24. The molecule has 0 aliphatic carbocycles. The molecule has 2 aromatic heterocycles. The minimum absolute atomic E-state index is 0. The number of likely N-dealkylation sites (N-methyl/N-ethyl adjacent to an activating group) is 1. The number of aromatic nitrogens is 2. The van der Waals surface area contributed by atoms with Crippen LogP contribution in [0.2, 0.25) is 0 Å². The number of carbonyl (C=O) groups excluding carboxylic acids is 1. The minimum Gasteiger partial charge on any atom is -0.350 e. The van der Waals surface area contributed by atoms with Gasteiger partial charge in [-0.1, -0.05) is 31.2 Å². The molecule has 26 heavy (non-hydrogen) atoms. The number of nitrogens with one attached hydrogen (secondary N) is 2. The summed E-state index contributed by atoms with van der Waals surface area (Å²) in [5.74, 6) is -0.102. The molecule has 1 amide bonds. The molecule has 0 saturated carbocycles. The van der Waals surface area contributed by atoms with Crippen molar-refractivity contribution in [1.82, 2.24) is 20.4 Å². The van der Waals surface area contributed by atoms with E-state index < -0.39 is 0 Å². The van der Waals surface area contributed by atoms with E-state index in [0.29, 0.717) is 17.8 Å². The van der Waals surface area contributed by atoms with Crippen LogP contribution in [0, 0.1) is 0 Å². The van der Waals surface area contributed by atoms with E-state index in [1.165, 1.54) is 0 Å². The number of hydrogen-bond donors (Lipinski definition) is 2. The summed E-state index contributed by atoms with van der Waals surface area (Å²) in [7, 11) is 0. The minimum atomic E-state index is -0.102. The third-order valence-electron chi connectivity index (χ3n) is 3.86. The quantitative estimate of drug-likeness (QED) is 0.645. The van der Waals surface area contributed by atoms with Gasteiger partial charge in [-0.3, -0.25) is 4.79 Å². The number of thiophene rings is 1. The summed E-state index contributed by atoms with van der Waals surface area (Å²) in [5, 5.41) is 12.9. The van der Waals surface area contributed by atoms with E-state index in [2.05, 4.69) is 29.6 Å². The van der Waals surface area contributed by atoms with Crippen molar-refractivity contribution in [3.63, 3.8) is 0 Å². The highest BCUT2D eigenvalue weighted by molar-refractivity contribution is 7.13. The largest absolute Gasteiger partial charge is 0.350 e. The molecule has 1 atom stereocenters. The summed E-state index contributed by atoms with van der Waals surface area (Å²) in [6.07, 6.45) is 1.80. The van der Waals surface area contributed by atoms with Gasteiger partial charge in [-0.2, -0.15) is 5.10 Å². The van der Waals surface area contributed by atoms with Crippen LogP contribution >= 0.6 is 23.7 Å². The number of amides is 1. The molecule has 3 rings (SSSR count). The number of nitrogens with zero attached hydrogens (tertiary/aromatic N) is 2. The zero-order valence-corrected chi connectivity index (χ0v) is 16.4. The molecule has 1 aromatic carbocycles. The number of hydrogen-bond acceptors (Lipinski definition) is 4. The highest BCUT2D eigenvalue weighted by Gasteiger charge is 2.19. The first kappa shape index (κ1) is 20.2. The fourth-order valence-corrected chi connectivity index (χ4v) is 3.33. The highest BCUT2D eigenvalue weighted by atomic mass is 35.5. The molecule has 0 aliphatic rings. The molecule has 0 spiro atoms. The SMILES string of the molecule is CCN[C@H](C)CNC(=O)c1cn(-c2ccccc2)nc1-c1cccs1.Cl. The Labute approximate surface area is 163 Å². The fraction of sp³-hybridized carbons (Fsp3) is 0.263. The molecule has 0 aliphatic heterocycles. The lowest BCUT2D eigenvalue weighted by Gasteiger charge is -2.12. The second-order valence-corrected chi connectivity index (χ2v) is 6.77. The van der Waals surface area contributed by atoms with Crippen molar-refractivity contribution < 1.29 is 4.79 Å². The Balaban J connectivity index is 0.00000243. The van der Waals surface area contributed by atoms with Crippen LogP contribution in [0.1, 0.15) is 24.2 Å². The summed E-state index contributed by atoms with van der Waals surface area (Å²) in [4.78, 5) is 13.7. The molecule has 2 heterocycles. The molecule has 0 saturated heterocycles. The average Bonchev–Trinajstić information content (AvgIpc) is 3.30. The standard InChI is InChI=1S/C19H22N4OS.ClH/c1-3-20-14(2)12-21-19(24)16-13-23(15-8-5-4-6-9-15)22-18(16)17-10-7-11-25-17;/h4-11,13-14,20H,3,12H2,1-2H3,(H,21,24);1H/t14-;/m1./s1. The predicted molar refractivity (Wildman–Crippen MR) is 110 cm³/mol. The van der Waals surface area contributed by atoms with E-state index in [0.717, 1.165) is 17.1 Å². The first-order chi connectivity index (χ1) is 12.2. The van der Waals surface area contributed by atoms with Gasteiger partial charge in [0, 0.05) is 18.8 Å². The lowest BCUT2D eigenvalue weighted by Crippen LogP contribution is -2.38. The molecule has 0 unspecified atom stereocenters. The zero-order chi connectivity index (χ0) is 17.6. The van der Waals surface area contributed by atoms with Crippen molar-refractivity contribution in [2.45, 2.75) is 19.9 Å². The summed E-state index contributed by atoms with van der Waals surface area (Å²) < 4.78 is 1.76. The van der Waals surface area contributed by atoms with Crippen LogP contribution in [0.4, 0.5) is 0 Å². The van der Waals surface area contributed by atoms with Crippen molar-refractivity contribution in [3.05, 3.63) is 59.6 Å². The van der Waals surface area contributed by atoms with Crippen LogP contribution in [0.5, 0.6) is 0 Å². The first-order valence-electron chi connectivity index (χ1n) is 8.39. The Bertz CT molecular complexity index is 817. The van der Waals surface area contributed by atoms with Crippen molar-refractivity contribution in [2.24, 2.45) is 0 Å². The second kappa shape index (κ2) is 9.52. The van der Waals surface area contributed by atoms with Gasteiger partial charge in [0.2, 0.25) is 0 Å². The van der Waals surface area contributed by atoms with Crippen LogP contribution in [0.3, 0.4) is 0 Å². The number of halogens is 1. The van der Waals surface area contributed by atoms with Crippen molar-refractivity contribution in [1.29, 1.82) is 0 Å². The molecule has 3 aromatic rings. The smallest absolute Gasteiger partial charge is 0.255 e. The summed E-state index contributed by atoms with van der Waals surface area (Å²) in [6, 6.07) is 14.0. The van der Waals surface area contributed by atoms with Crippen molar-refractivity contribution in [2.75, 3.05) is 13.1 Å². The van der Waals surface area contributed by atoms with Gasteiger partial charge >= 0.3 is 0 Å². The monoisotopic (exact) mass is 390 g/mol. The van der Waals surface area contributed by atoms with Crippen molar-refractivity contribution in [3.8, 4) is 16.3 Å². The van der Waals surface area contributed by atoms with Gasteiger partial charge in [-0.15, -0.1) is 23.7 Å².